The first-order chi connectivity index (χ1) is 15.2. The van der Waals surface area contributed by atoms with E-state index >= 15 is 0 Å². The van der Waals surface area contributed by atoms with Gasteiger partial charge in [-0.1, -0.05) is 50.8 Å². The topological polar surface area (TPSA) is 52.2 Å². The third kappa shape index (κ3) is 14.0. The Bertz CT molecular complexity index is 638. The fraction of sp³-hybridized carbons (Fsp3) is 0.577. The summed E-state index contributed by atoms with van der Waals surface area (Å²) < 4.78 is 0. The number of pyridine rings is 1. The van der Waals surface area contributed by atoms with Crippen LogP contribution in [0.15, 0.2) is 54.7 Å². The van der Waals surface area contributed by atoms with E-state index in [1.165, 1.54) is 17.7 Å². The summed E-state index contributed by atoms with van der Waals surface area (Å²) in [7, 11) is 0. The van der Waals surface area contributed by atoms with Crippen molar-refractivity contribution < 1.29 is 0 Å². The molecule has 0 bridgehead atoms. The van der Waals surface area contributed by atoms with Crippen LogP contribution in [0.5, 0.6) is 0 Å². The van der Waals surface area contributed by atoms with E-state index in [4.69, 9.17) is 0 Å². The molecule has 31 heavy (non-hydrogen) atoms. The maximum Gasteiger partial charge on any atom is 0.0544 e. The third-order valence-electron chi connectivity index (χ3n) is 5.03. The van der Waals surface area contributed by atoms with Gasteiger partial charge in [-0.25, -0.2) is 0 Å². The molecule has 0 saturated heterocycles. The largest absolute Gasteiger partial charge is 0.315 e. The van der Waals surface area contributed by atoms with Crippen LogP contribution in [0, 0.1) is 0 Å². The summed E-state index contributed by atoms with van der Waals surface area (Å²) in [5, 5.41) is 10.6. The summed E-state index contributed by atoms with van der Waals surface area (Å²) in [6, 6.07) is 6.30. The summed E-state index contributed by atoms with van der Waals surface area (Å²) in [5.74, 6) is 0. The number of aromatic nitrogens is 1. The van der Waals surface area contributed by atoms with Crippen LogP contribution in [-0.4, -0.2) is 62.2 Å². The van der Waals surface area contributed by atoms with Gasteiger partial charge < -0.3 is 20.9 Å². The lowest BCUT2D eigenvalue weighted by molar-refractivity contribution is 0.272. The normalized spacial score (nSPS) is 12.2. The lowest BCUT2D eigenvalue weighted by atomic mass is 10.2. The highest BCUT2D eigenvalue weighted by molar-refractivity contribution is 5.23. The SMILES string of the molecule is C=C/C=C(\C=C/C)CNCCCNCCN(CCC)CCNCc1cccc(CC)n1. The van der Waals surface area contributed by atoms with Crippen LogP contribution >= 0.6 is 0 Å². The van der Waals surface area contributed by atoms with Gasteiger partial charge in [0.05, 0.1) is 5.69 Å². The van der Waals surface area contributed by atoms with Gasteiger partial charge in [0.2, 0.25) is 0 Å². The van der Waals surface area contributed by atoms with Crippen molar-refractivity contribution in [2.45, 2.75) is 46.6 Å². The number of nitrogens with zero attached hydrogens (tertiary/aromatic N) is 2. The van der Waals surface area contributed by atoms with E-state index in [9.17, 15) is 0 Å². The van der Waals surface area contributed by atoms with Gasteiger partial charge >= 0.3 is 0 Å². The Balaban J connectivity index is 2.11. The fourth-order valence-corrected chi connectivity index (χ4v) is 3.40. The summed E-state index contributed by atoms with van der Waals surface area (Å²) in [6.07, 6.45) is 11.4. The Morgan fingerprint density at radius 3 is 2.45 bits per heavy atom. The van der Waals surface area contributed by atoms with Crippen LogP contribution in [0.25, 0.3) is 0 Å². The lowest BCUT2D eigenvalue weighted by Gasteiger charge is -2.22. The average molecular weight is 428 g/mol. The minimum atomic E-state index is 0.844. The zero-order valence-electron chi connectivity index (χ0n) is 20.1. The molecule has 0 amide bonds. The van der Waals surface area contributed by atoms with E-state index in [2.05, 4.69) is 82.7 Å². The Hall–Kier alpha value is -1.79. The second-order valence-corrected chi connectivity index (χ2v) is 7.75. The van der Waals surface area contributed by atoms with Crippen LogP contribution in [0.3, 0.4) is 0 Å². The van der Waals surface area contributed by atoms with Crippen molar-refractivity contribution in [2.24, 2.45) is 0 Å². The number of allylic oxidation sites excluding steroid dienone is 3. The molecule has 3 N–H and O–H groups in total. The molecule has 0 atom stereocenters. The second kappa shape index (κ2) is 18.9. The molecule has 0 unspecified atom stereocenters. The first-order valence-corrected chi connectivity index (χ1v) is 12.0. The van der Waals surface area contributed by atoms with Crippen LogP contribution in [0.4, 0.5) is 0 Å². The predicted molar refractivity (Wildman–Crippen MR) is 136 cm³/mol. The standard InChI is InChI=1S/C26H45N5/c1-5-11-24(12-6-2)22-28-16-10-15-27-17-20-31(19-7-3)21-18-29-23-26-14-9-13-25(8-4)30-26/h5-6,9,11-14,27-29H,1,7-8,10,15-23H2,2-4H3/b12-6-,24-11+. The quantitative estimate of drug-likeness (QED) is 0.232. The number of rotatable bonds is 19. The number of nitrogens with one attached hydrogen (secondary N) is 3. The van der Waals surface area contributed by atoms with Crippen molar-refractivity contribution in [2.75, 3.05) is 52.4 Å². The molecule has 0 saturated carbocycles. The Morgan fingerprint density at radius 2 is 1.74 bits per heavy atom. The smallest absolute Gasteiger partial charge is 0.0544 e. The van der Waals surface area contributed by atoms with Gasteiger partial charge in [0.25, 0.3) is 0 Å². The van der Waals surface area contributed by atoms with Crippen LogP contribution in [-0.2, 0) is 13.0 Å². The highest BCUT2D eigenvalue weighted by Crippen LogP contribution is 2.00. The van der Waals surface area contributed by atoms with Crippen molar-refractivity contribution in [1.82, 2.24) is 25.8 Å². The molecule has 0 aliphatic rings. The minimum Gasteiger partial charge on any atom is -0.315 e. The molecule has 1 heterocycles. The average Bonchev–Trinajstić information content (AvgIpc) is 2.78. The van der Waals surface area contributed by atoms with Crippen molar-refractivity contribution >= 4 is 0 Å². The summed E-state index contributed by atoms with van der Waals surface area (Å²) >= 11 is 0. The van der Waals surface area contributed by atoms with Crippen molar-refractivity contribution in [3.8, 4) is 0 Å². The van der Waals surface area contributed by atoms with Gasteiger partial charge in [0, 0.05) is 45.0 Å². The minimum absolute atomic E-state index is 0.844. The van der Waals surface area contributed by atoms with E-state index in [1.54, 1.807) is 0 Å². The summed E-state index contributed by atoms with van der Waals surface area (Å²) in [4.78, 5) is 7.20. The lowest BCUT2D eigenvalue weighted by Crippen LogP contribution is -2.37. The van der Waals surface area contributed by atoms with Crippen LogP contribution in [0.2, 0.25) is 0 Å². The van der Waals surface area contributed by atoms with Gasteiger partial charge in [-0.2, -0.15) is 0 Å². The fourth-order valence-electron chi connectivity index (χ4n) is 3.40. The molecule has 5 nitrogen and oxygen atoms in total. The zero-order valence-corrected chi connectivity index (χ0v) is 20.1. The van der Waals surface area contributed by atoms with Crippen LogP contribution in [0.1, 0.15) is 45.0 Å². The van der Waals surface area contributed by atoms with E-state index in [1.807, 2.05) is 13.0 Å². The highest BCUT2D eigenvalue weighted by atomic mass is 15.1. The zero-order chi connectivity index (χ0) is 22.6. The Morgan fingerprint density at radius 1 is 1.00 bits per heavy atom. The maximum atomic E-state index is 4.66. The molecule has 0 aromatic carbocycles. The van der Waals surface area contributed by atoms with Crippen molar-refractivity contribution in [3.05, 3.63) is 66.0 Å². The predicted octanol–water partition coefficient (Wildman–Crippen LogP) is 3.70. The molecule has 0 aliphatic carbocycles. The first kappa shape index (κ1) is 27.2. The number of hydrogen-bond acceptors (Lipinski definition) is 5. The monoisotopic (exact) mass is 427 g/mol. The van der Waals surface area contributed by atoms with Crippen molar-refractivity contribution in [3.63, 3.8) is 0 Å². The molecule has 0 spiro atoms. The Kier molecular flexibility index (Phi) is 16.6. The van der Waals surface area contributed by atoms with Crippen molar-refractivity contribution in [1.29, 1.82) is 0 Å². The maximum absolute atomic E-state index is 4.66. The molecule has 0 radical (unpaired) electrons. The summed E-state index contributed by atoms with van der Waals surface area (Å²) in [6.45, 7) is 19.4. The molecule has 1 rings (SSSR count). The van der Waals surface area contributed by atoms with Gasteiger partial charge in [-0.05, 0) is 63.5 Å². The van der Waals surface area contributed by atoms with E-state index in [-0.39, 0.29) is 0 Å². The molecule has 0 fully saturated rings. The molecular weight excluding hydrogens is 382 g/mol. The first-order valence-electron chi connectivity index (χ1n) is 12.0. The molecule has 1 aromatic heterocycles. The molecular formula is C26H45N5. The molecule has 1 aromatic rings. The molecule has 174 valence electrons. The van der Waals surface area contributed by atoms with E-state index in [0.29, 0.717) is 0 Å². The van der Waals surface area contributed by atoms with E-state index in [0.717, 1.165) is 77.4 Å². The van der Waals surface area contributed by atoms with Gasteiger partial charge in [-0.3, -0.25) is 4.98 Å². The van der Waals surface area contributed by atoms with E-state index < -0.39 is 0 Å². The van der Waals surface area contributed by atoms with Crippen LogP contribution < -0.4 is 16.0 Å². The molecule has 0 aliphatic heterocycles. The Labute approximate surface area is 191 Å². The number of aryl methyl sites for hydroxylation is 1. The van der Waals surface area contributed by atoms with Gasteiger partial charge in [-0.15, -0.1) is 0 Å². The number of hydrogen-bond donors (Lipinski definition) is 3. The van der Waals surface area contributed by atoms with Gasteiger partial charge in [0.15, 0.2) is 0 Å². The van der Waals surface area contributed by atoms with Gasteiger partial charge in [0.1, 0.15) is 0 Å². The third-order valence-corrected chi connectivity index (χ3v) is 5.03. The second-order valence-electron chi connectivity index (χ2n) is 7.75. The summed E-state index contributed by atoms with van der Waals surface area (Å²) in [5.41, 5.74) is 3.57. The highest BCUT2D eigenvalue weighted by Gasteiger charge is 2.03. The molecule has 5 heteroatoms.